The van der Waals surface area contributed by atoms with Crippen LogP contribution in [0.1, 0.15) is 57.6 Å². The van der Waals surface area contributed by atoms with Crippen LogP contribution in [-0.2, 0) is 11.2 Å². The SMILES string of the molecule is CCCc1cc(N(C)C2(CC(=O)O)CCCCC2)ncn1. The molecule has 1 aliphatic rings. The Balaban J connectivity index is 2.26. The molecule has 2 rings (SSSR count). The maximum Gasteiger partial charge on any atom is 0.305 e. The normalized spacial score (nSPS) is 17.4. The Hall–Kier alpha value is -1.65. The van der Waals surface area contributed by atoms with Crippen molar-refractivity contribution in [1.82, 2.24) is 9.97 Å². The standard InChI is InChI=1S/C16H25N3O2/c1-3-7-13-10-14(18-12-17-13)19(2)16(11-15(20)21)8-5-4-6-9-16/h10,12H,3-9,11H2,1-2H3,(H,20,21). The van der Waals surface area contributed by atoms with Gasteiger partial charge < -0.3 is 10.0 Å². The molecule has 0 aliphatic heterocycles. The highest BCUT2D eigenvalue weighted by atomic mass is 16.4. The van der Waals surface area contributed by atoms with Crippen molar-refractivity contribution >= 4 is 11.8 Å². The Morgan fingerprint density at radius 2 is 2.05 bits per heavy atom. The number of aliphatic carboxylic acids is 1. The first-order chi connectivity index (χ1) is 10.1. The summed E-state index contributed by atoms with van der Waals surface area (Å²) in [7, 11) is 1.98. The van der Waals surface area contributed by atoms with Gasteiger partial charge in [-0.05, 0) is 19.3 Å². The van der Waals surface area contributed by atoms with Gasteiger partial charge in [0.1, 0.15) is 12.1 Å². The summed E-state index contributed by atoms with van der Waals surface area (Å²) in [6.07, 6.45) is 8.95. The molecule has 1 fully saturated rings. The zero-order chi connectivity index (χ0) is 15.3. The van der Waals surface area contributed by atoms with Gasteiger partial charge in [0.05, 0.1) is 12.0 Å². The number of aryl methyl sites for hydroxylation is 1. The highest BCUT2D eigenvalue weighted by Gasteiger charge is 2.38. The van der Waals surface area contributed by atoms with Crippen LogP contribution in [-0.4, -0.2) is 33.6 Å². The molecule has 1 aromatic heterocycles. The van der Waals surface area contributed by atoms with Crippen molar-refractivity contribution in [3.8, 4) is 0 Å². The lowest BCUT2D eigenvalue weighted by Crippen LogP contribution is -2.50. The summed E-state index contributed by atoms with van der Waals surface area (Å²) in [5, 5.41) is 9.31. The second-order valence-electron chi connectivity index (χ2n) is 6.03. The number of aromatic nitrogens is 2. The molecular weight excluding hydrogens is 266 g/mol. The van der Waals surface area contributed by atoms with Gasteiger partial charge in [0.15, 0.2) is 0 Å². The van der Waals surface area contributed by atoms with E-state index in [1.165, 1.54) is 6.42 Å². The Kier molecular flexibility index (Phi) is 5.15. The van der Waals surface area contributed by atoms with E-state index in [0.717, 1.165) is 50.0 Å². The molecule has 0 spiro atoms. The van der Waals surface area contributed by atoms with E-state index in [4.69, 9.17) is 0 Å². The smallest absolute Gasteiger partial charge is 0.305 e. The molecule has 0 radical (unpaired) electrons. The third-order valence-electron chi connectivity index (χ3n) is 4.54. The van der Waals surface area contributed by atoms with Gasteiger partial charge in [-0.3, -0.25) is 4.79 Å². The number of hydrogen-bond acceptors (Lipinski definition) is 4. The number of carbonyl (C=O) groups is 1. The van der Waals surface area contributed by atoms with E-state index in [9.17, 15) is 9.90 Å². The van der Waals surface area contributed by atoms with Gasteiger partial charge >= 0.3 is 5.97 Å². The molecule has 1 N–H and O–H groups in total. The summed E-state index contributed by atoms with van der Waals surface area (Å²) >= 11 is 0. The monoisotopic (exact) mass is 291 g/mol. The van der Waals surface area contributed by atoms with E-state index in [2.05, 4.69) is 21.8 Å². The maximum absolute atomic E-state index is 11.3. The molecule has 0 bridgehead atoms. The van der Waals surface area contributed by atoms with Crippen LogP contribution < -0.4 is 4.90 Å². The van der Waals surface area contributed by atoms with Crippen LogP contribution in [0.25, 0.3) is 0 Å². The quantitative estimate of drug-likeness (QED) is 0.872. The first-order valence-electron chi connectivity index (χ1n) is 7.84. The van der Waals surface area contributed by atoms with Crippen LogP contribution in [0.3, 0.4) is 0 Å². The van der Waals surface area contributed by atoms with Crippen LogP contribution >= 0.6 is 0 Å². The molecule has 1 aromatic rings. The molecule has 0 aromatic carbocycles. The minimum atomic E-state index is -0.730. The third-order valence-corrected chi connectivity index (χ3v) is 4.54. The zero-order valence-corrected chi connectivity index (χ0v) is 13.0. The number of hydrogen-bond donors (Lipinski definition) is 1. The Labute approximate surface area is 126 Å². The summed E-state index contributed by atoms with van der Waals surface area (Å²) in [6.45, 7) is 2.12. The van der Waals surface area contributed by atoms with Crippen LogP contribution in [0, 0.1) is 0 Å². The van der Waals surface area contributed by atoms with E-state index in [1.54, 1.807) is 6.33 Å². The van der Waals surface area contributed by atoms with Crippen LogP contribution in [0.4, 0.5) is 5.82 Å². The molecule has 0 unspecified atom stereocenters. The minimum absolute atomic E-state index is 0.177. The van der Waals surface area contributed by atoms with Gasteiger partial charge in [0.25, 0.3) is 0 Å². The summed E-state index contributed by atoms with van der Waals surface area (Å²) in [5.41, 5.74) is 0.720. The van der Waals surface area contributed by atoms with Crippen molar-refractivity contribution in [3.05, 3.63) is 18.1 Å². The van der Waals surface area contributed by atoms with Crippen molar-refractivity contribution in [2.75, 3.05) is 11.9 Å². The van der Waals surface area contributed by atoms with E-state index in [0.29, 0.717) is 0 Å². The Morgan fingerprint density at radius 1 is 1.33 bits per heavy atom. The third kappa shape index (κ3) is 3.71. The van der Waals surface area contributed by atoms with Crippen LogP contribution in [0.15, 0.2) is 12.4 Å². The number of carboxylic acids is 1. The molecule has 5 nitrogen and oxygen atoms in total. The summed E-state index contributed by atoms with van der Waals surface area (Å²) in [5.74, 6) is 0.114. The van der Waals surface area contributed by atoms with E-state index in [1.807, 2.05) is 13.1 Å². The van der Waals surface area contributed by atoms with E-state index >= 15 is 0 Å². The summed E-state index contributed by atoms with van der Waals surface area (Å²) in [6, 6.07) is 2.00. The van der Waals surface area contributed by atoms with Gasteiger partial charge in [-0.25, -0.2) is 9.97 Å². The summed E-state index contributed by atoms with van der Waals surface area (Å²) in [4.78, 5) is 22.1. The number of rotatable bonds is 6. The number of carboxylic acid groups (broad SMARTS) is 1. The van der Waals surface area contributed by atoms with Gasteiger partial charge in [-0.2, -0.15) is 0 Å². The lowest BCUT2D eigenvalue weighted by atomic mass is 9.78. The molecule has 1 heterocycles. The molecule has 116 valence electrons. The fourth-order valence-corrected chi connectivity index (χ4v) is 3.33. The highest BCUT2D eigenvalue weighted by Crippen LogP contribution is 2.37. The first-order valence-corrected chi connectivity index (χ1v) is 7.84. The van der Waals surface area contributed by atoms with Gasteiger partial charge in [-0.1, -0.05) is 32.6 Å². The largest absolute Gasteiger partial charge is 0.481 e. The lowest BCUT2D eigenvalue weighted by molar-refractivity contribution is -0.138. The maximum atomic E-state index is 11.3. The average molecular weight is 291 g/mol. The van der Waals surface area contributed by atoms with Crippen molar-refractivity contribution in [3.63, 3.8) is 0 Å². The predicted octanol–water partition coefficient (Wildman–Crippen LogP) is 3.04. The van der Waals surface area contributed by atoms with Crippen molar-refractivity contribution < 1.29 is 9.90 Å². The van der Waals surface area contributed by atoms with Crippen molar-refractivity contribution in [1.29, 1.82) is 0 Å². The Morgan fingerprint density at radius 3 is 2.67 bits per heavy atom. The van der Waals surface area contributed by atoms with Gasteiger partial charge in [0.2, 0.25) is 0 Å². The number of nitrogens with zero attached hydrogens (tertiary/aromatic N) is 3. The van der Waals surface area contributed by atoms with E-state index in [-0.39, 0.29) is 12.0 Å². The molecule has 0 saturated heterocycles. The fourth-order valence-electron chi connectivity index (χ4n) is 3.33. The lowest BCUT2D eigenvalue weighted by Gasteiger charge is -2.44. The van der Waals surface area contributed by atoms with Gasteiger partial charge in [-0.15, -0.1) is 0 Å². The Bertz CT molecular complexity index is 484. The molecule has 21 heavy (non-hydrogen) atoms. The topological polar surface area (TPSA) is 66.3 Å². The molecule has 1 saturated carbocycles. The number of anilines is 1. The predicted molar refractivity (Wildman–Crippen MR) is 82.5 cm³/mol. The summed E-state index contributed by atoms with van der Waals surface area (Å²) < 4.78 is 0. The van der Waals surface area contributed by atoms with E-state index < -0.39 is 5.97 Å². The van der Waals surface area contributed by atoms with Crippen molar-refractivity contribution in [2.24, 2.45) is 0 Å². The molecule has 0 atom stereocenters. The molecule has 1 aliphatic carbocycles. The second-order valence-corrected chi connectivity index (χ2v) is 6.03. The van der Waals surface area contributed by atoms with Crippen LogP contribution in [0.5, 0.6) is 0 Å². The van der Waals surface area contributed by atoms with Crippen LogP contribution in [0.2, 0.25) is 0 Å². The van der Waals surface area contributed by atoms with Gasteiger partial charge in [0, 0.05) is 18.8 Å². The minimum Gasteiger partial charge on any atom is -0.481 e. The molecule has 5 heteroatoms. The molecule has 0 amide bonds. The van der Waals surface area contributed by atoms with Crippen molar-refractivity contribution in [2.45, 2.75) is 63.8 Å². The zero-order valence-electron chi connectivity index (χ0n) is 13.0. The fraction of sp³-hybridized carbons (Fsp3) is 0.688. The first kappa shape index (κ1) is 15.7. The highest BCUT2D eigenvalue weighted by molar-refractivity contribution is 5.69. The molecular formula is C16H25N3O2. The average Bonchev–Trinajstić information content (AvgIpc) is 2.47. The second kappa shape index (κ2) is 6.87.